The predicted octanol–water partition coefficient (Wildman–Crippen LogP) is 4.56. The molecule has 0 aliphatic heterocycles. The van der Waals surface area contributed by atoms with E-state index in [4.69, 9.17) is 23.2 Å². The van der Waals surface area contributed by atoms with Gasteiger partial charge in [-0.15, -0.1) is 0 Å². The second kappa shape index (κ2) is 6.08. The molecule has 1 unspecified atom stereocenters. The largest absolute Gasteiger partial charge is 0.312 e. The number of hydrogen-bond acceptors (Lipinski definition) is 1. The molecule has 0 aromatic heterocycles. The van der Waals surface area contributed by atoms with E-state index in [0.29, 0.717) is 16.0 Å². The summed E-state index contributed by atoms with van der Waals surface area (Å²) in [7, 11) is 0. The Balaban J connectivity index is 2.56. The normalized spacial score (nSPS) is 13.8. The Kier molecular flexibility index (Phi) is 5.30. The smallest absolute Gasteiger partial charge is 0.0624 e. The van der Waals surface area contributed by atoms with Crippen molar-refractivity contribution in [3.8, 4) is 0 Å². The van der Waals surface area contributed by atoms with Crippen molar-refractivity contribution in [1.82, 2.24) is 5.32 Å². The van der Waals surface area contributed by atoms with Crippen LogP contribution in [0.1, 0.15) is 33.3 Å². The first-order chi connectivity index (χ1) is 7.79. The summed E-state index contributed by atoms with van der Waals surface area (Å²) < 4.78 is 0. The standard InChI is InChI=1S/C14H21Cl2N/c1-10(9-17-14(2,3)4)8-11-6-5-7-12(15)13(11)16/h5-7,10,17H,8-9H2,1-4H3. The van der Waals surface area contributed by atoms with Gasteiger partial charge in [0.15, 0.2) is 0 Å². The van der Waals surface area contributed by atoms with Gasteiger partial charge in [0.05, 0.1) is 10.0 Å². The molecule has 1 atom stereocenters. The third-order valence-electron chi connectivity index (χ3n) is 2.58. The van der Waals surface area contributed by atoms with Crippen molar-refractivity contribution in [2.24, 2.45) is 5.92 Å². The molecule has 0 fully saturated rings. The highest BCUT2D eigenvalue weighted by atomic mass is 35.5. The molecule has 0 aliphatic rings. The topological polar surface area (TPSA) is 12.0 Å². The summed E-state index contributed by atoms with van der Waals surface area (Å²) in [5.74, 6) is 0.533. The lowest BCUT2D eigenvalue weighted by atomic mass is 9.99. The molecule has 96 valence electrons. The van der Waals surface area contributed by atoms with Crippen molar-refractivity contribution in [3.05, 3.63) is 33.8 Å². The van der Waals surface area contributed by atoms with Gasteiger partial charge in [0, 0.05) is 5.54 Å². The van der Waals surface area contributed by atoms with E-state index in [1.807, 2.05) is 18.2 Å². The lowest BCUT2D eigenvalue weighted by Crippen LogP contribution is -2.39. The molecule has 1 nitrogen and oxygen atoms in total. The number of hydrogen-bond donors (Lipinski definition) is 1. The van der Waals surface area contributed by atoms with Crippen LogP contribution in [0, 0.1) is 5.92 Å². The third kappa shape index (κ3) is 5.29. The minimum Gasteiger partial charge on any atom is -0.312 e. The van der Waals surface area contributed by atoms with Gasteiger partial charge in [-0.1, -0.05) is 42.3 Å². The average molecular weight is 274 g/mol. The van der Waals surface area contributed by atoms with E-state index in [-0.39, 0.29) is 5.54 Å². The van der Waals surface area contributed by atoms with Gasteiger partial charge in [-0.25, -0.2) is 0 Å². The third-order valence-corrected chi connectivity index (χ3v) is 3.44. The van der Waals surface area contributed by atoms with Gasteiger partial charge in [0.25, 0.3) is 0 Å². The molecule has 0 amide bonds. The molecular formula is C14H21Cl2N. The summed E-state index contributed by atoms with van der Waals surface area (Å²) in [5, 5.41) is 4.83. The van der Waals surface area contributed by atoms with E-state index >= 15 is 0 Å². The maximum Gasteiger partial charge on any atom is 0.0624 e. The highest BCUT2D eigenvalue weighted by molar-refractivity contribution is 6.42. The van der Waals surface area contributed by atoms with Gasteiger partial charge in [0.2, 0.25) is 0 Å². The van der Waals surface area contributed by atoms with Gasteiger partial charge in [-0.05, 0) is 51.3 Å². The van der Waals surface area contributed by atoms with Gasteiger partial charge in [-0.2, -0.15) is 0 Å². The number of halogens is 2. The van der Waals surface area contributed by atoms with Crippen LogP contribution in [0.25, 0.3) is 0 Å². The first kappa shape index (κ1) is 14.8. The van der Waals surface area contributed by atoms with Gasteiger partial charge >= 0.3 is 0 Å². The lowest BCUT2D eigenvalue weighted by molar-refractivity contribution is 0.381. The first-order valence-corrected chi connectivity index (χ1v) is 6.73. The molecule has 1 aromatic carbocycles. The second-order valence-electron chi connectivity index (χ2n) is 5.65. The summed E-state index contributed by atoms with van der Waals surface area (Å²) in [6, 6.07) is 5.82. The van der Waals surface area contributed by atoms with E-state index in [2.05, 4.69) is 33.0 Å². The van der Waals surface area contributed by atoms with Crippen LogP contribution in [0.4, 0.5) is 0 Å². The Morgan fingerprint density at radius 2 is 1.88 bits per heavy atom. The van der Waals surface area contributed by atoms with Crippen LogP contribution in [0.2, 0.25) is 10.0 Å². The zero-order valence-corrected chi connectivity index (χ0v) is 12.5. The van der Waals surface area contributed by atoms with E-state index in [9.17, 15) is 0 Å². The predicted molar refractivity (Wildman–Crippen MR) is 77.1 cm³/mol. The zero-order valence-electron chi connectivity index (χ0n) is 11.0. The van der Waals surface area contributed by atoms with Crippen LogP contribution < -0.4 is 5.32 Å². The van der Waals surface area contributed by atoms with Gasteiger partial charge in [0.1, 0.15) is 0 Å². The van der Waals surface area contributed by atoms with E-state index in [1.54, 1.807) is 0 Å². The molecule has 3 heteroatoms. The molecule has 0 bridgehead atoms. The maximum absolute atomic E-state index is 6.18. The number of rotatable bonds is 4. The minimum absolute atomic E-state index is 0.159. The molecule has 1 aromatic rings. The monoisotopic (exact) mass is 273 g/mol. The SMILES string of the molecule is CC(CNC(C)(C)C)Cc1cccc(Cl)c1Cl. The second-order valence-corrected chi connectivity index (χ2v) is 6.44. The van der Waals surface area contributed by atoms with Crippen LogP contribution in [-0.4, -0.2) is 12.1 Å². The molecular weight excluding hydrogens is 253 g/mol. The average Bonchev–Trinajstić information content (AvgIpc) is 2.21. The van der Waals surface area contributed by atoms with Crippen molar-refractivity contribution in [1.29, 1.82) is 0 Å². The molecule has 1 rings (SSSR count). The number of nitrogens with one attached hydrogen (secondary N) is 1. The zero-order chi connectivity index (χ0) is 13.1. The molecule has 0 saturated carbocycles. The van der Waals surface area contributed by atoms with Gasteiger partial charge in [-0.3, -0.25) is 0 Å². The fourth-order valence-electron chi connectivity index (χ4n) is 1.63. The van der Waals surface area contributed by atoms with Crippen LogP contribution in [0.15, 0.2) is 18.2 Å². The summed E-state index contributed by atoms with van der Waals surface area (Å²) in [6.07, 6.45) is 0.947. The van der Waals surface area contributed by atoms with E-state index in [0.717, 1.165) is 18.5 Å². The Labute approximate surface area is 115 Å². The molecule has 0 saturated heterocycles. The Morgan fingerprint density at radius 1 is 1.24 bits per heavy atom. The van der Waals surface area contributed by atoms with E-state index in [1.165, 1.54) is 0 Å². The quantitative estimate of drug-likeness (QED) is 0.848. The van der Waals surface area contributed by atoms with Crippen LogP contribution in [0.5, 0.6) is 0 Å². The molecule has 1 N–H and O–H groups in total. The van der Waals surface area contributed by atoms with Crippen LogP contribution in [-0.2, 0) is 6.42 Å². The summed E-state index contributed by atoms with van der Waals surface area (Å²) in [4.78, 5) is 0. The molecule has 0 radical (unpaired) electrons. The highest BCUT2D eigenvalue weighted by Gasteiger charge is 2.13. The van der Waals surface area contributed by atoms with Crippen molar-refractivity contribution in [2.45, 2.75) is 39.7 Å². The summed E-state index contributed by atoms with van der Waals surface area (Å²) >= 11 is 12.2. The molecule has 0 spiro atoms. The Hall–Kier alpha value is -0.240. The fraction of sp³-hybridized carbons (Fsp3) is 0.571. The fourth-order valence-corrected chi connectivity index (χ4v) is 2.03. The summed E-state index contributed by atoms with van der Waals surface area (Å²) in [6.45, 7) is 9.71. The highest BCUT2D eigenvalue weighted by Crippen LogP contribution is 2.27. The summed E-state index contributed by atoms with van der Waals surface area (Å²) in [5.41, 5.74) is 1.29. The molecule has 0 aliphatic carbocycles. The van der Waals surface area contributed by atoms with Crippen molar-refractivity contribution >= 4 is 23.2 Å². The van der Waals surface area contributed by atoms with Crippen LogP contribution in [0.3, 0.4) is 0 Å². The molecule has 17 heavy (non-hydrogen) atoms. The van der Waals surface area contributed by atoms with E-state index < -0.39 is 0 Å². The first-order valence-electron chi connectivity index (χ1n) is 5.97. The maximum atomic E-state index is 6.18. The van der Waals surface area contributed by atoms with Crippen molar-refractivity contribution in [3.63, 3.8) is 0 Å². The van der Waals surface area contributed by atoms with Crippen molar-refractivity contribution in [2.75, 3.05) is 6.54 Å². The lowest BCUT2D eigenvalue weighted by Gasteiger charge is -2.23. The number of benzene rings is 1. The molecule has 0 heterocycles. The van der Waals surface area contributed by atoms with Crippen molar-refractivity contribution < 1.29 is 0 Å². The van der Waals surface area contributed by atoms with Gasteiger partial charge < -0.3 is 5.32 Å². The van der Waals surface area contributed by atoms with Crippen LogP contribution >= 0.6 is 23.2 Å². The minimum atomic E-state index is 0.159. The Morgan fingerprint density at radius 3 is 2.47 bits per heavy atom. The Bertz CT molecular complexity index is 369.